The van der Waals surface area contributed by atoms with Gasteiger partial charge in [0, 0.05) is 6.54 Å². The van der Waals surface area contributed by atoms with Crippen molar-refractivity contribution in [3.8, 4) is 5.75 Å². The van der Waals surface area contributed by atoms with E-state index >= 15 is 0 Å². The first-order valence-electron chi connectivity index (χ1n) is 5.49. The fourth-order valence-electron chi connectivity index (χ4n) is 1.59. The molecular weight excluding hydrogens is 263 g/mol. The molecule has 0 aliphatic heterocycles. The van der Waals surface area contributed by atoms with Gasteiger partial charge in [-0.05, 0) is 18.1 Å². The number of nitrogens with two attached hydrogens (primary N) is 1. The van der Waals surface area contributed by atoms with Crippen molar-refractivity contribution in [2.75, 3.05) is 13.7 Å². The van der Waals surface area contributed by atoms with E-state index in [1.54, 1.807) is 6.07 Å². The van der Waals surface area contributed by atoms with E-state index in [1.165, 1.54) is 25.3 Å². The maximum Gasteiger partial charge on any atom is 0.573 e. The van der Waals surface area contributed by atoms with E-state index in [0.717, 1.165) is 0 Å². The average molecular weight is 277 g/mol. The van der Waals surface area contributed by atoms with Crippen molar-refractivity contribution in [3.63, 3.8) is 0 Å². The molecule has 1 aromatic rings. The van der Waals surface area contributed by atoms with Crippen LogP contribution in [0, 0.1) is 5.92 Å². The number of rotatable bonds is 5. The van der Waals surface area contributed by atoms with Crippen molar-refractivity contribution in [3.05, 3.63) is 29.8 Å². The van der Waals surface area contributed by atoms with Crippen molar-refractivity contribution in [2.24, 2.45) is 11.7 Å². The summed E-state index contributed by atoms with van der Waals surface area (Å²) in [5.74, 6) is -1.61. The number of benzene rings is 1. The molecule has 0 bridgehead atoms. The summed E-state index contributed by atoms with van der Waals surface area (Å²) in [5.41, 5.74) is 5.66. The van der Waals surface area contributed by atoms with E-state index < -0.39 is 18.2 Å². The monoisotopic (exact) mass is 277 g/mol. The van der Waals surface area contributed by atoms with Gasteiger partial charge in [-0.3, -0.25) is 4.79 Å². The molecule has 1 atom stereocenters. The van der Waals surface area contributed by atoms with E-state index in [0.29, 0.717) is 0 Å². The van der Waals surface area contributed by atoms with Crippen molar-refractivity contribution in [1.82, 2.24) is 0 Å². The molecule has 0 spiro atoms. The lowest BCUT2D eigenvalue weighted by atomic mass is 9.99. The zero-order valence-electron chi connectivity index (χ0n) is 10.2. The Kier molecular flexibility index (Phi) is 5.17. The Morgan fingerprint density at radius 2 is 2.00 bits per heavy atom. The highest BCUT2D eigenvalue weighted by Crippen LogP contribution is 2.27. The molecule has 1 aromatic carbocycles. The fraction of sp³-hybridized carbons (Fsp3) is 0.417. The summed E-state index contributed by atoms with van der Waals surface area (Å²) in [6.07, 6.45) is -4.75. The van der Waals surface area contributed by atoms with E-state index in [2.05, 4.69) is 9.47 Å². The van der Waals surface area contributed by atoms with Crippen LogP contribution in [0.4, 0.5) is 13.2 Å². The van der Waals surface area contributed by atoms with Crippen LogP contribution in [-0.2, 0) is 16.0 Å². The van der Waals surface area contributed by atoms with Crippen LogP contribution in [0.1, 0.15) is 5.56 Å². The standard InChI is InChI=1S/C12H14F3NO3/c1-18-11(17)9(7-16)6-8-4-2-3-5-10(8)19-12(13,14)15/h2-5,9H,6-7,16H2,1H3. The molecule has 0 aromatic heterocycles. The summed E-state index contributed by atoms with van der Waals surface area (Å²) in [6, 6.07) is 5.62. The fourth-order valence-corrected chi connectivity index (χ4v) is 1.59. The number of hydrogen-bond acceptors (Lipinski definition) is 4. The molecule has 7 heteroatoms. The zero-order chi connectivity index (χ0) is 14.5. The third kappa shape index (κ3) is 4.78. The highest BCUT2D eigenvalue weighted by atomic mass is 19.4. The number of para-hydroxylation sites is 1. The first-order valence-corrected chi connectivity index (χ1v) is 5.49. The van der Waals surface area contributed by atoms with Gasteiger partial charge in [-0.2, -0.15) is 0 Å². The van der Waals surface area contributed by atoms with Crippen LogP contribution in [-0.4, -0.2) is 26.0 Å². The second kappa shape index (κ2) is 6.42. The molecule has 2 N–H and O–H groups in total. The van der Waals surface area contributed by atoms with Gasteiger partial charge in [0.15, 0.2) is 0 Å². The molecule has 0 aliphatic rings. The van der Waals surface area contributed by atoms with Gasteiger partial charge in [-0.15, -0.1) is 13.2 Å². The van der Waals surface area contributed by atoms with E-state index in [-0.39, 0.29) is 24.3 Å². The van der Waals surface area contributed by atoms with Crippen molar-refractivity contribution in [1.29, 1.82) is 0 Å². The Morgan fingerprint density at radius 1 is 1.37 bits per heavy atom. The second-order valence-electron chi connectivity index (χ2n) is 3.82. The molecule has 0 fully saturated rings. The Bertz CT molecular complexity index is 434. The normalized spacial score (nSPS) is 12.9. The summed E-state index contributed by atoms with van der Waals surface area (Å²) < 4.78 is 45.1. The van der Waals surface area contributed by atoms with Crippen LogP contribution < -0.4 is 10.5 Å². The van der Waals surface area contributed by atoms with Crippen LogP contribution in [0.15, 0.2) is 24.3 Å². The van der Waals surface area contributed by atoms with Crippen molar-refractivity contribution in [2.45, 2.75) is 12.8 Å². The number of carbonyl (C=O) groups is 1. The van der Waals surface area contributed by atoms with Gasteiger partial charge in [-0.1, -0.05) is 18.2 Å². The predicted octanol–water partition coefficient (Wildman–Crippen LogP) is 1.88. The zero-order valence-corrected chi connectivity index (χ0v) is 10.2. The van der Waals surface area contributed by atoms with Gasteiger partial charge >= 0.3 is 12.3 Å². The summed E-state index contributed by atoms with van der Waals surface area (Å²) in [4.78, 5) is 11.4. The molecule has 19 heavy (non-hydrogen) atoms. The second-order valence-corrected chi connectivity index (χ2v) is 3.82. The largest absolute Gasteiger partial charge is 0.573 e. The molecule has 1 unspecified atom stereocenters. The molecule has 0 radical (unpaired) electrons. The number of ether oxygens (including phenoxy) is 2. The molecule has 4 nitrogen and oxygen atoms in total. The molecule has 0 saturated carbocycles. The molecule has 106 valence electrons. The number of hydrogen-bond donors (Lipinski definition) is 1. The predicted molar refractivity (Wildman–Crippen MR) is 61.4 cm³/mol. The summed E-state index contributed by atoms with van der Waals surface area (Å²) >= 11 is 0. The molecule has 0 aliphatic carbocycles. The lowest BCUT2D eigenvalue weighted by molar-refractivity contribution is -0.274. The van der Waals surface area contributed by atoms with Gasteiger partial charge in [0.25, 0.3) is 0 Å². The maximum atomic E-state index is 12.2. The number of methoxy groups -OCH3 is 1. The SMILES string of the molecule is COC(=O)C(CN)Cc1ccccc1OC(F)(F)F. The quantitative estimate of drug-likeness (QED) is 0.835. The average Bonchev–Trinajstić information content (AvgIpc) is 2.35. The summed E-state index contributed by atoms with van der Waals surface area (Å²) in [6.45, 7) is -0.0208. The van der Waals surface area contributed by atoms with Crippen LogP contribution in [0.5, 0.6) is 5.75 Å². The topological polar surface area (TPSA) is 61.5 Å². The van der Waals surface area contributed by atoms with Crippen LogP contribution in [0.25, 0.3) is 0 Å². The Labute approximate surface area is 108 Å². The molecule has 0 saturated heterocycles. The Morgan fingerprint density at radius 3 is 2.53 bits per heavy atom. The smallest absolute Gasteiger partial charge is 0.469 e. The number of esters is 1. The van der Waals surface area contributed by atoms with Gasteiger partial charge in [0.1, 0.15) is 5.75 Å². The molecular formula is C12H14F3NO3. The van der Waals surface area contributed by atoms with Crippen LogP contribution >= 0.6 is 0 Å². The summed E-state index contributed by atoms with van der Waals surface area (Å²) in [5, 5.41) is 0. The Hall–Kier alpha value is -1.76. The first-order chi connectivity index (χ1) is 8.87. The Balaban J connectivity index is 2.91. The van der Waals surface area contributed by atoms with Gasteiger partial charge in [0.2, 0.25) is 0 Å². The maximum absolute atomic E-state index is 12.2. The molecule has 0 amide bonds. The highest BCUT2D eigenvalue weighted by molar-refractivity contribution is 5.73. The lowest BCUT2D eigenvalue weighted by Crippen LogP contribution is -2.27. The van der Waals surface area contributed by atoms with E-state index in [9.17, 15) is 18.0 Å². The number of carbonyl (C=O) groups excluding carboxylic acids is 1. The van der Waals surface area contributed by atoms with Gasteiger partial charge in [0.05, 0.1) is 13.0 Å². The minimum Gasteiger partial charge on any atom is -0.469 e. The van der Waals surface area contributed by atoms with Gasteiger partial charge in [-0.25, -0.2) is 0 Å². The minimum absolute atomic E-state index is 0.0208. The third-order valence-electron chi connectivity index (χ3n) is 2.48. The van der Waals surface area contributed by atoms with Crippen LogP contribution in [0.2, 0.25) is 0 Å². The summed E-state index contributed by atoms with van der Waals surface area (Å²) in [7, 11) is 1.20. The van der Waals surface area contributed by atoms with Crippen molar-refractivity contribution < 1.29 is 27.4 Å². The van der Waals surface area contributed by atoms with Gasteiger partial charge < -0.3 is 15.2 Å². The van der Waals surface area contributed by atoms with Crippen molar-refractivity contribution >= 4 is 5.97 Å². The minimum atomic E-state index is -4.78. The number of halogens is 3. The van der Waals surface area contributed by atoms with Crippen LogP contribution in [0.3, 0.4) is 0 Å². The van der Waals surface area contributed by atoms with E-state index in [4.69, 9.17) is 5.73 Å². The van der Waals surface area contributed by atoms with E-state index in [1.807, 2.05) is 0 Å². The molecule has 1 rings (SSSR count). The number of alkyl halides is 3. The lowest BCUT2D eigenvalue weighted by Gasteiger charge is -2.16. The third-order valence-corrected chi connectivity index (χ3v) is 2.48. The first kappa shape index (κ1) is 15.3. The highest BCUT2D eigenvalue weighted by Gasteiger charge is 2.32. The molecule has 0 heterocycles.